The molecular weight excluding hydrogens is 212 g/mol. The molecule has 0 aliphatic rings. The average molecular weight is 232 g/mol. The highest BCUT2D eigenvalue weighted by atomic mass is 16.5. The minimum Gasteiger partial charge on any atom is -0.453 e. The first-order valence-electron chi connectivity index (χ1n) is 4.97. The normalized spacial score (nSPS) is 12.6. The molecule has 0 bridgehead atoms. The topological polar surface area (TPSA) is 76.7 Å². The van der Waals surface area contributed by atoms with Crippen LogP contribution in [0.25, 0.3) is 0 Å². The van der Waals surface area contributed by atoms with Crippen molar-refractivity contribution in [2.45, 2.75) is 26.8 Å². The molecule has 0 aliphatic heterocycles. The van der Waals surface area contributed by atoms with E-state index in [4.69, 9.17) is 0 Å². The number of methoxy groups -OCH3 is 2. The fourth-order valence-electron chi connectivity index (χ4n) is 1.03. The molecule has 6 heteroatoms. The Balaban J connectivity index is 4.33. The molecule has 0 aromatic rings. The molecule has 0 spiro atoms. The van der Waals surface area contributed by atoms with Crippen LogP contribution in [-0.2, 0) is 9.47 Å². The minimum absolute atomic E-state index is 0.199. The number of hydrogen-bond donors (Lipinski definition) is 2. The molecule has 0 rings (SSSR count). The molecule has 0 aliphatic carbocycles. The molecule has 0 radical (unpaired) electrons. The molecule has 0 heterocycles. The van der Waals surface area contributed by atoms with E-state index in [0.29, 0.717) is 0 Å². The molecule has 0 saturated carbocycles. The van der Waals surface area contributed by atoms with Crippen LogP contribution >= 0.6 is 0 Å². The quantitative estimate of drug-likeness (QED) is 0.764. The molecule has 0 aromatic carbocycles. The molecule has 94 valence electrons. The fraction of sp³-hybridized carbons (Fsp3) is 0.800. The third-order valence-corrected chi connectivity index (χ3v) is 2.16. The second kappa shape index (κ2) is 6.19. The van der Waals surface area contributed by atoms with Crippen LogP contribution in [0.4, 0.5) is 9.59 Å². The lowest BCUT2D eigenvalue weighted by molar-refractivity contribution is 0.147. The Kier molecular flexibility index (Phi) is 5.63. The van der Waals surface area contributed by atoms with Gasteiger partial charge in [-0.05, 0) is 5.41 Å². The van der Waals surface area contributed by atoms with Crippen molar-refractivity contribution in [2.24, 2.45) is 5.41 Å². The van der Waals surface area contributed by atoms with Gasteiger partial charge in [-0.1, -0.05) is 20.8 Å². The monoisotopic (exact) mass is 232 g/mol. The van der Waals surface area contributed by atoms with Gasteiger partial charge in [0.05, 0.1) is 20.3 Å². The Labute approximate surface area is 95.7 Å². The van der Waals surface area contributed by atoms with Crippen LogP contribution in [0, 0.1) is 5.41 Å². The molecule has 1 unspecified atom stereocenters. The summed E-state index contributed by atoms with van der Waals surface area (Å²) in [6, 6.07) is -0.237. The Morgan fingerprint density at radius 1 is 1.12 bits per heavy atom. The van der Waals surface area contributed by atoms with Gasteiger partial charge in [-0.3, -0.25) is 0 Å². The fourth-order valence-corrected chi connectivity index (χ4v) is 1.03. The maximum absolute atomic E-state index is 11.1. The summed E-state index contributed by atoms with van der Waals surface area (Å²) < 4.78 is 8.97. The van der Waals surface area contributed by atoms with Gasteiger partial charge in [0.2, 0.25) is 0 Å². The molecular formula is C10H20N2O4. The standard InChI is InChI=1S/C10H20N2O4/c1-10(2,3)7(12-9(14)16-5)6-11-8(13)15-4/h7H,6H2,1-5H3,(H,11,13)(H,12,14). The summed E-state index contributed by atoms with van der Waals surface area (Å²) in [6.45, 7) is 6.14. The first-order valence-corrected chi connectivity index (χ1v) is 4.97. The smallest absolute Gasteiger partial charge is 0.407 e. The van der Waals surface area contributed by atoms with E-state index in [1.807, 2.05) is 20.8 Å². The van der Waals surface area contributed by atoms with Crippen molar-refractivity contribution in [3.63, 3.8) is 0 Å². The molecule has 0 fully saturated rings. The van der Waals surface area contributed by atoms with Gasteiger partial charge in [0, 0.05) is 6.54 Å². The van der Waals surface area contributed by atoms with Crippen LogP contribution in [0.3, 0.4) is 0 Å². The number of carbonyl (C=O) groups excluding carboxylic acids is 2. The van der Waals surface area contributed by atoms with Crippen LogP contribution in [0.2, 0.25) is 0 Å². The van der Waals surface area contributed by atoms with Crippen molar-refractivity contribution in [1.82, 2.24) is 10.6 Å². The molecule has 0 aromatic heterocycles. The van der Waals surface area contributed by atoms with E-state index < -0.39 is 12.2 Å². The van der Waals surface area contributed by atoms with Gasteiger partial charge in [0.15, 0.2) is 0 Å². The van der Waals surface area contributed by atoms with Crippen LogP contribution < -0.4 is 10.6 Å². The number of hydrogen-bond acceptors (Lipinski definition) is 4. The van der Waals surface area contributed by atoms with Gasteiger partial charge in [-0.25, -0.2) is 9.59 Å². The van der Waals surface area contributed by atoms with E-state index in [1.165, 1.54) is 14.2 Å². The molecule has 6 nitrogen and oxygen atoms in total. The first kappa shape index (κ1) is 14.5. The summed E-state index contributed by atoms with van der Waals surface area (Å²) in [5.74, 6) is 0. The summed E-state index contributed by atoms with van der Waals surface area (Å²) in [6.07, 6.45) is -1.05. The second-order valence-electron chi connectivity index (χ2n) is 4.43. The predicted molar refractivity (Wildman–Crippen MR) is 59.2 cm³/mol. The zero-order chi connectivity index (χ0) is 12.8. The van der Waals surface area contributed by atoms with Crippen LogP contribution in [0.1, 0.15) is 20.8 Å². The van der Waals surface area contributed by atoms with Gasteiger partial charge in [-0.15, -0.1) is 0 Å². The summed E-state index contributed by atoms with van der Waals surface area (Å²) in [5, 5.41) is 5.19. The van der Waals surface area contributed by atoms with Crippen molar-refractivity contribution in [3.8, 4) is 0 Å². The first-order chi connectivity index (χ1) is 7.31. The van der Waals surface area contributed by atoms with Gasteiger partial charge < -0.3 is 20.1 Å². The molecule has 0 saturated heterocycles. The third-order valence-electron chi connectivity index (χ3n) is 2.16. The van der Waals surface area contributed by atoms with Crippen molar-refractivity contribution in [2.75, 3.05) is 20.8 Å². The number of carbonyl (C=O) groups is 2. The summed E-state index contributed by atoms with van der Waals surface area (Å²) in [4.78, 5) is 22.0. The summed E-state index contributed by atoms with van der Waals surface area (Å²) >= 11 is 0. The van der Waals surface area contributed by atoms with Crippen molar-refractivity contribution >= 4 is 12.2 Å². The van der Waals surface area contributed by atoms with E-state index in [0.717, 1.165) is 0 Å². The SMILES string of the molecule is COC(=O)NCC(NC(=O)OC)C(C)(C)C. The maximum atomic E-state index is 11.1. The lowest BCUT2D eigenvalue weighted by Crippen LogP contribution is -2.50. The molecule has 2 N–H and O–H groups in total. The Morgan fingerprint density at radius 2 is 1.62 bits per heavy atom. The van der Waals surface area contributed by atoms with E-state index in [-0.39, 0.29) is 18.0 Å². The van der Waals surface area contributed by atoms with E-state index in [1.54, 1.807) is 0 Å². The number of rotatable bonds is 3. The lowest BCUT2D eigenvalue weighted by Gasteiger charge is -2.30. The van der Waals surface area contributed by atoms with Gasteiger partial charge in [0.25, 0.3) is 0 Å². The molecule has 16 heavy (non-hydrogen) atoms. The van der Waals surface area contributed by atoms with Crippen LogP contribution in [-0.4, -0.2) is 39.0 Å². The Morgan fingerprint density at radius 3 is 2.00 bits per heavy atom. The molecule has 2 amide bonds. The van der Waals surface area contributed by atoms with Gasteiger partial charge in [0.1, 0.15) is 0 Å². The number of ether oxygens (including phenoxy) is 2. The minimum atomic E-state index is -0.527. The van der Waals surface area contributed by atoms with Crippen molar-refractivity contribution in [3.05, 3.63) is 0 Å². The van der Waals surface area contributed by atoms with E-state index in [9.17, 15) is 9.59 Å². The number of alkyl carbamates (subject to hydrolysis) is 2. The van der Waals surface area contributed by atoms with Crippen LogP contribution in [0.15, 0.2) is 0 Å². The highest BCUT2D eigenvalue weighted by Crippen LogP contribution is 2.18. The predicted octanol–water partition coefficient (Wildman–Crippen LogP) is 1.11. The van der Waals surface area contributed by atoms with Crippen molar-refractivity contribution < 1.29 is 19.1 Å². The van der Waals surface area contributed by atoms with Crippen molar-refractivity contribution in [1.29, 1.82) is 0 Å². The number of amides is 2. The van der Waals surface area contributed by atoms with E-state index in [2.05, 4.69) is 20.1 Å². The van der Waals surface area contributed by atoms with E-state index >= 15 is 0 Å². The Bertz CT molecular complexity index is 248. The third kappa shape index (κ3) is 5.43. The zero-order valence-electron chi connectivity index (χ0n) is 10.4. The highest BCUT2D eigenvalue weighted by molar-refractivity contribution is 5.68. The lowest BCUT2D eigenvalue weighted by atomic mass is 9.87. The highest BCUT2D eigenvalue weighted by Gasteiger charge is 2.27. The summed E-state index contributed by atoms with van der Waals surface area (Å²) in [5.41, 5.74) is -0.199. The molecule has 1 atom stereocenters. The largest absolute Gasteiger partial charge is 0.453 e. The summed E-state index contributed by atoms with van der Waals surface area (Å²) in [7, 11) is 2.58. The van der Waals surface area contributed by atoms with Gasteiger partial charge >= 0.3 is 12.2 Å². The zero-order valence-corrected chi connectivity index (χ0v) is 10.4. The number of nitrogens with one attached hydrogen (secondary N) is 2. The average Bonchev–Trinajstić information content (AvgIpc) is 2.21. The van der Waals surface area contributed by atoms with Crippen LogP contribution in [0.5, 0.6) is 0 Å². The Hall–Kier alpha value is -1.46. The maximum Gasteiger partial charge on any atom is 0.407 e. The second-order valence-corrected chi connectivity index (χ2v) is 4.43. The van der Waals surface area contributed by atoms with Gasteiger partial charge in [-0.2, -0.15) is 0 Å².